The molecular weight excluding hydrogens is 400 g/mol. The zero-order valence-electron chi connectivity index (χ0n) is 16.9. The smallest absolute Gasteiger partial charge is 0.263 e. The van der Waals surface area contributed by atoms with E-state index < -0.39 is 0 Å². The van der Waals surface area contributed by atoms with E-state index in [1.165, 1.54) is 11.8 Å². The molecule has 1 aromatic carbocycles. The summed E-state index contributed by atoms with van der Waals surface area (Å²) in [7, 11) is 0. The summed E-state index contributed by atoms with van der Waals surface area (Å²) in [5.41, 5.74) is 1.61. The standard InChI is InChI=1S/C21H22N6O2S/c1-3-25-12-23-17-14(19(25)28)7-4-8-16(17)27-11-13-6-5-9-26(13)18-15(20(27)29)10-22-21(24-18)30-2/h4,7-8,10,12-13H,3,5-6,9,11H2,1-2H3/t13-/m0/s1. The molecule has 9 heteroatoms. The fraction of sp³-hybridized carbons (Fsp3) is 0.381. The highest BCUT2D eigenvalue weighted by Crippen LogP contribution is 2.35. The van der Waals surface area contributed by atoms with E-state index >= 15 is 0 Å². The van der Waals surface area contributed by atoms with E-state index in [4.69, 9.17) is 0 Å². The minimum atomic E-state index is -0.152. The van der Waals surface area contributed by atoms with Crippen molar-refractivity contribution in [2.45, 2.75) is 37.5 Å². The van der Waals surface area contributed by atoms with E-state index in [0.29, 0.717) is 46.2 Å². The summed E-state index contributed by atoms with van der Waals surface area (Å²) in [4.78, 5) is 44.0. The van der Waals surface area contributed by atoms with Crippen LogP contribution >= 0.6 is 11.8 Å². The van der Waals surface area contributed by atoms with Gasteiger partial charge < -0.3 is 9.80 Å². The van der Waals surface area contributed by atoms with Crippen LogP contribution in [0.15, 0.2) is 40.7 Å². The molecule has 0 saturated carbocycles. The quantitative estimate of drug-likeness (QED) is 0.474. The first kappa shape index (κ1) is 19.0. The predicted molar refractivity (Wildman–Crippen MR) is 118 cm³/mol. The first-order valence-corrected chi connectivity index (χ1v) is 11.3. The average molecular weight is 423 g/mol. The minimum Gasteiger partial charge on any atom is -0.351 e. The molecule has 30 heavy (non-hydrogen) atoms. The Hall–Kier alpha value is -2.94. The molecule has 1 amide bonds. The maximum Gasteiger partial charge on any atom is 0.263 e. The lowest BCUT2D eigenvalue weighted by molar-refractivity contribution is 0.0988. The van der Waals surface area contributed by atoms with Gasteiger partial charge in [-0.1, -0.05) is 17.8 Å². The van der Waals surface area contributed by atoms with Crippen molar-refractivity contribution in [2.24, 2.45) is 0 Å². The SMILES string of the molecule is CCn1cnc2c(N3C[C@@H]4CCCN4c4nc(SC)ncc4C3=O)cccc2c1=O. The van der Waals surface area contributed by atoms with Crippen LogP contribution in [0.2, 0.25) is 0 Å². The number of aromatic nitrogens is 4. The second kappa shape index (κ2) is 7.39. The van der Waals surface area contributed by atoms with Gasteiger partial charge in [0.15, 0.2) is 5.16 Å². The van der Waals surface area contributed by atoms with Gasteiger partial charge in [-0.3, -0.25) is 14.2 Å². The van der Waals surface area contributed by atoms with E-state index in [-0.39, 0.29) is 17.5 Å². The van der Waals surface area contributed by atoms with E-state index in [1.54, 1.807) is 28.1 Å². The summed E-state index contributed by atoms with van der Waals surface area (Å²) in [5.74, 6) is 0.562. The predicted octanol–water partition coefficient (Wildman–Crippen LogP) is 2.56. The van der Waals surface area contributed by atoms with Crippen LogP contribution < -0.4 is 15.4 Å². The molecule has 8 nitrogen and oxygen atoms in total. The molecule has 0 radical (unpaired) electrons. The first-order chi connectivity index (χ1) is 14.6. The van der Waals surface area contributed by atoms with E-state index in [0.717, 1.165) is 19.4 Å². The molecule has 154 valence electrons. The van der Waals surface area contributed by atoms with E-state index in [2.05, 4.69) is 19.9 Å². The van der Waals surface area contributed by atoms with Gasteiger partial charge in [0.2, 0.25) is 0 Å². The van der Waals surface area contributed by atoms with Gasteiger partial charge in [-0.2, -0.15) is 0 Å². The van der Waals surface area contributed by atoms with Crippen LogP contribution in [-0.2, 0) is 6.54 Å². The minimum absolute atomic E-state index is 0.0949. The van der Waals surface area contributed by atoms with Crippen molar-refractivity contribution in [1.29, 1.82) is 0 Å². The van der Waals surface area contributed by atoms with Crippen molar-refractivity contribution in [3.63, 3.8) is 0 Å². The lowest BCUT2D eigenvalue weighted by Gasteiger charge is -2.27. The van der Waals surface area contributed by atoms with Crippen LogP contribution in [0.3, 0.4) is 0 Å². The molecule has 0 aliphatic carbocycles. The zero-order valence-corrected chi connectivity index (χ0v) is 17.7. The van der Waals surface area contributed by atoms with Crippen LogP contribution in [0.25, 0.3) is 10.9 Å². The van der Waals surface area contributed by atoms with Gasteiger partial charge in [-0.05, 0) is 38.2 Å². The Labute approximate surface area is 177 Å². The number of hydrogen-bond acceptors (Lipinski definition) is 7. The summed E-state index contributed by atoms with van der Waals surface area (Å²) >= 11 is 1.47. The van der Waals surface area contributed by atoms with Gasteiger partial charge in [-0.15, -0.1) is 0 Å². The van der Waals surface area contributed by atoms with Crippen LogP contribution in [0.4, 0.5) is 11.5 Å². The number of carbonyl (C=O) groups excluding carboxylic acids is 1. The van der Waals surface area contributed by atoms with Crippen LogP contribution in [0.1, 0.15) is 30.1 Å². The van der Waals surface area contributed by atoms with Crippen molar-refractivity contribution >= 4 is 40.1 Å². The lowest BCUT2D eigenvalue weighted by atomic mass is 10.1. The summed E-state index contributed by atoms with van der Waals surface area (Å²) in [6.07, 6.45) is 7.16. The van der Waals surface area contributed by atoms with Gasteiger partial charge in [-0.25, -0.2) is 15.0 Å². The number of anilines is 2. The Balaban J connectivity index is 1.69. The van der Waals surface area contributed by atoms with Crippen LogP contribution in [-0.4, -0.2) is 50.8 Å². The number of hydrogen-bond donors (Lipinski definition) is 0. The van der Waals surface area contributed by atoms with Gasteiger partial charge in [0, 0.05) is 31.9 Å². The van der Waals surface area contributed by atoms with Crippen LogP contribution in [0, 0.1) is 0 Å². The Bertz CT molecular complexity index is 1210. The molecule has 4 heterocycles. The Morgan fingerprint density at radius 1 is 1.23 bits per heavy atom. The second-order valence-electron chi connectivity index (χ2n) is 7.51. The molecule has 0 N–H and O–H groups in total. The number of amides is 1. The van der Waals surface area contributed by atoms with Gasteiger partial charge >= 0.3 is 0 Å². The second-order valence-corrected chi connectivity index (χ2v) is 8.28. The molecule has 2 aliphatic heterocycles. The molecule has 2 aromatic heterocycles. The fourth-order valence-corrected chi connectivity index (χ4v) is 4.73. The molecule has 3 aromatic rings. The number of nitrogens with zero attached hydrogens (tertiary/aromatic N) is 6. The third-order valence-electron chi connectivity index (χ3n) is 5.91. The van der Waals surface area contributed by atoms with Gasteiger partial charge in [0.1, 0.15) is 16.9 Å². The molecule has 1 fully saturated rings. The number of carbonyl (C=O) groups is 1. The topological polar surface area (TPSA) is 84.2 Å². The lowest BCUT2D eigenvalue weighted by Crippen LogP contribution is -2.40. The maximum atomic E-state index is 13.6. The van der Waals surface area contributed by atoms with Gasteiger partial charge in [0.25, 0.3) is 11.5 Å². The molecular formula is C21H22N6O2S. The average Bonchev–Trinajstić information content (AvgIpc) is 3.21. The monoisotopic (exact) mass is 422 g/mol. The number of para-hydroxylation sites is 1. The molecule has 1 atom stereocenters. The number of rotatable bonds is 3. The largest absolute Gasteiger partial charge is 0.351 e. The normalized spacial score (nSPS) is 18.5. The Morgan fingerprint density at radius 2 is 2.10 bits per heavy atom. The van der Waals surface area contributed by atoms with Crippen molar-refractivity contribution in [2.75, 3.05) is 29.1 Å². The van der Waals surface area contributed by atoms with Crippen molar-refractivity contribution in [1.82, 2.24) is 19.5 Å². The van der Waals surface area contributed by atoms with Crippen molar-refractivity contribution in [3.05, 3.63) is 46.6 Å². The highest BCUT2D eigenvalue weighted by Gasteiger charge is 2.38. The summed E-state index contributed by atoms with van der Waals surface area (Å²) in [6.45, 7) is 3.86. The van der Waals surface area contributed by atoms with Gasteiger partial charge in [0.05, 0.1) is 17.4 Å². The number of benzene rings is 1. The molecule has 5 rings (SSSR count). The first-order valence-electron chi connectivity index (χ1n) is 10.1. The van der Waals surface area contributed by atoms with Crippen LogP contribution in [0.5, 0.6) is 0 Å². The maximum absolute atomic E-state index is 13.6. The molecule has 1 saturated heterocycles. The Kier molecular flexibility index (Phi) is 4.69. The molecule has 0 bridgehead atoms. The highest BCUT2D eigenvalue weighted by molar-refractivity contribution is 7.98. The number of thioether (sulfide) groups is 1. The summed E-state index contributed by atoms with van der Waals surface area (Å²) < 4.78 is 1.57. The Morgan fingerprint density at radius 3 is 2.90 bits per heavy atom. The van der Waals surface area contributed by atoms with Crippen molar-refractivity contribution < 1.29 is 4.79 Å². The molecule has 2 aliphatic rings. The molecule has 0 unspecified atom stereocenters. The highest BCUT2D eigenvalue weighted by atomic mass is 32.2. The third kappa shape index (κ3) is 2.87. The fourth-order valence-electron chi connectivity index (χ4n) is 4.39. The van der Waals surface area contributed by atoms with E-state index in [1.807, 2.05) is 25.3 Å². The zero-order chi connectivity index (χ0) is 20.8. The summed E-state index contributed by atoms with van der Waals surface area (Å²) in [5, 5.41) is 1.18. The van der Waals surface area contributed by atoms with Crippen molar-refractivity contribution in [3.8, 4) is 0 Å². The third-order valence-corrected chi connectivity index (χ3v) is 6.47. The number of fused-ring (bicyclic) bond motifs is 4. The number of aryl methyl sites for hydroxylation is 1. The molecule has 0 spiro atoms. The van der Waals surface area contributed by atoms with E-state index in [9.17, 15) is 9.59 Å². The summed E-state index contributed by atoms with van der Waals surface area (Å²) in [6, 6.07) is 5.63.